The van der Waals surface area contributed by atoms with Gasteiger partial charge < -0.3 is 9.21 Å². The Balaban J connectivity index is 3.04. The Hall–Kier alpha value is -1.57. The van der Waals surface area contributed by atoms with E-state index in [1.807, 2.05) is 32.1 Å². The second-order valence-electron chi connectivity index (χ2n) is 3.23. The molecule has 1 rings (SSSR count). The van der Waals surface area contributed by atoms with E-state index in [0.29, 0.717) is 11.8 Å². The molecule has 0 atom stereocenters. The third-order valence-electron chi connectivity index (χ3n) is 1.88. The molecule has 0 aromatic carbocycles. The second-order valence-corrected chi connectivity index (χ2v) is 3.23. The molecular formula is C12H14O2. The van der Waals surface area contributed by atoms with Crippen molar-refractivity contribution in [2.45, 2.75) is 20.3 Å². The van der Waals surface area contributed by atoms with Gasteiger partial charge in [-0.1, -0.05) is 18.2 Å². The number of carbonyl (C=O) groups is 1. The molecule has 0 saturated heterocycles. The zero-order valence-corrected chi connectivity index (χ0v) is 8.54. The lowest BCUT2D eigenvalue weighted by Gasteiger charge is -1.86. The maximum absolute atomic E-state index is 10.1. The molecule has 2 nitrogen and oxygen atoms in total. The summed E-state index contributed by atoms with van der Waals surface area (Å²) in [7, 11) is 0. The van der Waals surface area contributed by atoms with Crippen molar-refractivity contribution in [3.8, 4) is 0 Å². The molecule has 2 heteroatoms. The number of aldehydes is 1. The van der Waals surface area contributed by atoms with E-state index >= 15 is 0 Å². The molecule has 0 aliphatic rings. The molecule has 74 valence electrons. The smallest absolute Gasteiger partial charge is 0.127 e. The van der Waals surface area contributed by atoms with E-state index in [1.165, 1.54) is 0 Å². The summed E-state index contributed by atoms with van der Waals surface area (Å²) in [6.45, 7) is 7.62. The summed E-state index contributed by atoms with van der Waals surface area (Å²) in [6.07, 6.45) is 5.16. The minimum Gasteiger partial charge on any atom is -0.462 e. The normalized spacial score (nSPS) is 13.3. The van der Waals surface area contributed by atoms with Gasteiger partial charge in [-0.3, -0.25) is 0 Å². The van der Waals surface area contributed by atoms with Crippen molar-refractivity contribution in [2.24, 2.45) is 0 Å². The van der Waals surface area contributed by atoms with E-state index in [1.54, 1.807) is 0 Å². The number of hydrogen-bond donors (Lipinski definition) is 0. The van der Waals surface area contributed by atoms with Gasteiger partial charge in [-0.25, -0.2) is 0 Å². The van der Waals surface area contributed by atoms with Crippen molar-refractivity contribution >= 4 is 18.9 Å². The first-order valence-corrected chi connectivity index (χ1v) is 4.51. The molecule has 14 heavy (non-hydrogen) atoms. The SMILES string of the molecule is C=c1oc(C)c/c1=C/C(C)=C\CC=O. The van der Waals surface area contributed by atoms with E-state index in [0.717, 1.165) is 22.8 Å². The molecule has 0 unspecified atom stereocenters. The van der Waals surface area contributed by atoms with Gasteiger partial charge in [0.1, 0.15) is 17.5 Å². The summed E-state index contributed by atoms with van der Waals surface area (Å²) in [5, 5.41) is 0.974. The first kappa shape index (κ1) is 10.5. The maximum atomic E-state index is 10.1. The third-order valence-corrected chi connectivity index (χ3v) is 1.88. The average Bonchev–Trinajstić information content (AvgIpc) is 2.42. The van der Waals surface area contributed by atoms with E-state index in [2.05, 4.69) is 6.58 Å². The lowest BCUT2D eigenvalue weighted by atomic mass is 10.2. The predicted molar refractivity (Wildman–Crippen MR) is 57.1 cm³/mol. The highest BCUT2D eigenvalue weighted by atomic mass is 16.3. The van der Waals surface area contributed by atoms with Gasteiger partial charge in [0.2, 0.25) is 0 Å². The molecule has 0 radical (unpaired) electrons. The summed E-state index contributed by atoms with van der Waals surface area (Å²) < 4.78 is 5.28. The number of carbonyl (C=O) groups excluding carboxylic acids is 1. The van der Waals surface area contributed by atoms with Crippen molar-refractivity contribution in [2.75, 3.05) is 0 Å². The van der Waals surface area contributed by atoms with Gasteiger partial charge >= 0.3 is 0 Å². The molecule has 1 aromatic heterocycles. The number of allylic oxidation sites excluding steroid dienone is 2. The summed E-state index contributed by atoms with van der Waals surface area (Å²) >= 11 is 0. The monoisotopic (exact) mass is 190 g/mol. The molecule has 0 bridgehead atoms. The van der Waals surface area contributed by atoms with E-state index < -0.39 is 0 Å². The van der Waals surface area contributed by atoms with Crippen LogP contribution >= 0.6 is 0 Å². The summed E-state index contributed by atoms with van der Waals surface area (Å²) in [6, 6.07) is 1.93. The van der Waals surface area contributed by atoms with E-state index in [4.69, 9.17) is 4.42 Å². The minimum atomic E-state index is 0.450. The van der Waals surface area contributed by atoms with Crippen LogP contribution in [-0.2, 0) is 4.79 Å². The van der Waals surface area contributed by atoms with Crippen LogP contribution in [0.5, 0.6) is 0 Å². The molecular weight excluding hydrogens is 176 g/mol. The first-order chi connectivity index (χ1) is 6.63. The molecule has 0 saturated carbocycles. The predicted octanol–water partition coefficient (Wildman–Crippen LogP) is 1.31. The topological polar surface area (TPSA) is 30.2 Å². The fraction of sp³-hybridized carbons (Fsp3) is 0.250. The molecule has 0 spiro atoms. The molecule has 0 fully saturated rings. The van der Waals surface area contributed by atoms with Crippen LogP contribution in [-0.4, -0.2) is 6.29 Å². The number of hydrogen-bond acceptors (Lipinski definition) is 2. The lowest BCUT2D eigenvalue weighted by molar-refractivity contribution is -0.107. The van der Waals surface area contributed by atoms with Crippen molar-refractivity contribution in [3.63, 3.8) is 0 Å². The maximum Gasteiger partial charge on any atom is 0.127 e. The summed E-state index contributed by atoms with van der Waals surface area (Å²) in [4.78, 5) is 10.1. The minimum absolute atomic E-state index is 0.450. The number of furan rings is 1. The van der Waals surface area contributed by atoms with Crippen LogP contribution in [0.15, 0.2) is 22.1 Å². The number of rotatable bonds is 3. The van der Waals surface area contributed by atoms with E-state index in [9.17, 15) is 4.79 Å². The molecule has 0 amide bonds. The summed E-state index contributed by atoms with van der Waals surface area (Å²) in [5.74, 6) is 0.851. The molecule has 1 aromatic rings. The van der Waals surface area contributed by atoms with Crippen molar-refractivity contribution in [1.29, 1.82) is 0 Å². The van der Waals surface area contributed by atoms with Gasteiger partial charge in [0.05, 0.1) is 0 Å². The standard InChI is InChI=1S/C12H14O2/c1-9(5-4-6-13)7-12-8-10(2)14-11(12)3/h5-8H,3-4H2,1-2H3/b9-5-,12-7-. The van der Waals surface area contributed by atoms with Crippen LogP contribution in [0.2, 0.25) is 0 Å². The van der Waals surface area contributed by atoms with Crippen molar-refractivity contribution in [1.82, 2.24) is 0 Å². The van der Waals surface area contributed by atoms with Gasteiger partial charge in [-0.05, 0) is 26.0 Å². The molecule has 0 N–H and O–H groups in total. The lowest BCUT2D eigenvalue weighted by Crippen LogP contribution is -2.16. The Kier molecular flexibility index (Phi) is 3.46. The van der Waals surface area contributed by atoms with Crippen LogP contribution in [0.3, 0.4) is 0 Å². The zero-order chi connectivity index (χ0) is 10.6. The first-order valence-electron chi connectivity index (χ1n) is 4.51. The third kappa shape index (κ3) is 2.73. The van der Waals surface area contributed by atoms with Crippen LogP contribution < -0.4 is 10.6 Å². The highest BCUT2D eigenvalue weighted by molar-refractivity contribution is 5.55. The van der Waals surface area contributed by atoms with Crippen LogP contribution in [0.1, 0.15) is 19.1 Å². The van der Waals surface area contributed by atoms with Gasteiger partial charge in [0, 0.05) is 11.6 Å². The molecule has 0 aliphatic carbocycles. The van der Waals surface area contributed by atoms with Gasteiger partial charge in [0.25, 0.3) is 0 Å². The fourth-order valence-electron chi connectivity index (χ4n) is 1.24. The highest BCUT2D eigenvalue weighted by Gasteiger charge is 1.91. The Morgan fingerprint density at radius 2 is 2.36 bits per heavy atom. The quantitative estimate of drug-likeness (QED) is 0.673. The zero-order valence-electron chi connectivity index (χ0n) is 8.54. The van der Waals surface area contributed by atoms with Crippen LogP contribution in [0.25, 0.3) is 12.7 Å². The molecule has 0 aliphatic heterocycles. The Bertz CT molecular complexity index is 449. The molecule has 1 heterocycles. The fourth-order valence-corrected chi connectivity index (χ4v) is 1.24. The van der Waals surface area contributed by atoms with Gasteiger partial charge in [-0.15, -0.1) is 0 Å². The van der Waals surface area contributed by atoms with Gasteiger partial charge in [-0.2, -0.15) is 0 Å². The van der Waals surface area contributed by atoms with Crippen molar-refractivity contribution in [3.05, 3.63) is 34.1 Å². The summed E-state index contributed by atoms with van der Waals surface area (Å²) in [5.41, 5.74) is 1.71. The highest BCUT2D eigenvalue weighted by Crippen LogP contribution is 1.95. The number of aryl methyl sites for hydroxylation is 1. The van der Waals surface area contributed by atoms with E-state index in [-0.39, 0.29) is 0 Å². The second kappa shape index (κ2) is 4.61. The van der Waals surface area contributed by atoms with Crippen LogP contribution in [0, 0.1) is 6.92 Å². The largest absolute Gasteiger partial charge is 0.462 e. The Labute approximate surface area is 83.2 Å². The van der Waals surface area contributed by atoms with Gasteiger partial charge in [0.15, 0.2) is 0 Å². The van der Waals surface area contributed by atoms with Crippen molar-refractivity contribution < 1.29 is 9.21 Å². The Morgan fingerprint density at radius 3 is 2.86 bits per heavy atom. The van der Waals surface area contributed by atoms with Crippen LogP contribution in [0.4, 0.5) is 0 Å². The Morgan fingerprint density at radius 1 is 1.64 bits per heavy atom. The average molecular weight is 190 g/mol.